The molecule has 0 radical (unpaired) electrons. The van der Waals surface area contributed by atoms with Crippen molar-refractivity contribution in [2.24, 2.45) is 0 Å². The van der Waals surface area contributed by atoms with E-state index < -0.39 is 23.6 Å². The summed E-state index contributed by atoms with van der Waals surface area (Å²) < 4.78 is 64.5. The van der Waals surface area contributed by atoms with Crippen molar-refractivity contribution in [1.82, 2.24) is 15.7 Å². The molecule has 0 bridgehead atoms. The second-order valence-corrected chi connectivity index (χ2v) is 5.44. The van der Waals surface area contributed by atoms with Gasteiger partial charge in [0, 0.05) is 5.39 Å². The lowest BCUT2D eigenvalue weighted by atomic mass is 10.1. The van der Waals surface area contributed by atoms with E-state index in [9.17, 15) is 26.8 Å². The Bertz CT molecular complexity index is 936. The maximum Gasteiger partial charge on any atom is 0.416 e. The van der Waals surface area contributed by atoms with Crippen molar-refractivity contribution < 1.29 is 26.8 Å². The second kappa shape index (κ2) is 6.62. The topological polar surface area (TPSA) is 61.0 Å². The Hall–Kier alpha value is -3.17. The molecular weight excluding hydrogens is 359 g/mol. The van der Waals surface area contributed by atoms with Crippen molar-refractivity contribution in [2.75, 3.05) is 4.90 Å². The lowest BCUT2D eigenvalue weighted by Gasteiger charge is -2.22. The minimum Gasteiger partial charge on any atom is -0.287 e. The van der Waals surface area contributed by atoms with Gasteiger partial charge in [-0.1, -0.05) is 16.6 Å². The third kappa shape index (κ3) is 3.44. The number of nitrogens with one attached hydrogen (secondary N) is 2. The average Bonchev–Trinajstić information content (AvgIpc) is 3.06. The van der Waals surface area contributed by atoms with Crippen LogP contribution in [0.4, 0.5) is 32.5 Å². The maximum atomic E-state index is 13.8. The third-order valence-corrected chi connectivity index (χ3v) is 3.74. The number of carbonyl (C=O) groups excluding carboxylic acids is 1. The number of alkyl halides is 3. The van der Waals surface area contributed by atoms with Gasteiger partial charge in [0.05, 0.1) is 29.5 Å². The molecule has 1 aromatic heterocycles. The van der Waals surface area contributed by atoms with Gasteiger partial charge in [-0.2, -0.15) is 23.8 Å². The SMILES string of the molecule is O=C(NF)N(Cc1ccc(C(F)(F)F)cc1)c1cc(F)cc2[nH]ncc12. The summed E-state index contributed by atoms with van der Waals surface area (Å²) >= 11 is 0. The Labute approximate surface area is 143 Å². The smallest absolute Gasteiger partial charge is 0.287 e. The summed E-state index contributed by atoms with van der Waals surface area (Å²) in [5.74, 6) is -0.694. The molecule has 136 valence electrons. The van der Waals surface area contributed by atoms with Crippen LogP contribution < -0.4 is 10.4 Å². The number of H-pyrrole nitrogens is 1. The Morgan fingerprint density at radius 1 is 1.19 bits per heavy atom. The number of anilines is 1. The van der Waals surface area contributed by atoms with E-state index in [1.807, 2.05) is 0 Å². The van der Waals surface area contributed by atoms with E-state index in [1.54, 1.807) is 0 Å². The van der Waals surface area contributed by atoms with E-state index in [0.29, 0.717) is 10.9 Å². The molecule has 0 atom stereocenters. The minimum absolute atomic E-state index is 0.0174. The molecule has 0 saturated heterocycles. The van der Waals surface area contributed by atoms with Crippen LogP contribution in [0.25, 0.3) is 10.9 Å². The number of aromatic amines is 1. The number of amides is 2. The molecule has 2 amide bonds. The molecule has 0 fully saturated rings. The molecule has 3 rings (SSSR count). The van der Waals surface area contributed by atoms with Gasteiger partial charge in [0.15, 0.2) is 0 Å². The number of aromatic nitrogens is 2. The minimum atomic E-state index is -4.50. The highest BCUT2D eigenvalue weighted by Crippen LogP contribution is 2.31. The van der Waals surface area contributed by atoms with Crippen LogP contribution in [0.1, 0.15) is 11.1 Å². The number of carbonyl (C=O) groups is 1. The fraction of sp³-hybridized carbons (Fsp3) is 0.125. The summed E-state index contributed by atoms with van der Waals surface area (Å²) in [6, 6.07) is 4.98. The highest BCUT2D eigenvalue weighted by atomic mass is 19.4. The number of rotatable bonds is 3. The van der Waals surface area contributed by atoms with Gasteiger partial charge in [-0.3, -0.25) is 10.00 Å². The van der Waals surface area contributed by atoms with E-state index in [2.05, 4.69) is 10.2 Å². The summed E-state index contributed by atoms with van der Waals surface area (Å²) in [5.41, 5.74) is 0.687. The van der Waals surface area contributed by atoms with Crippen LogP contribution >= 0.6 is 0 Å². The number of nitrogens with zero attached hydrogens (tertiary/aromatic N) is 2. The first-order chi connectivity index (χ1) is 12.3. The molecule has 0 aliphatic rings. The van der Waals surface area contributed by atoms with Crippen LogP contribution in [0.15, 0.2) is 42.6 Å². The van der Waals surface area contributed by atoms with Crippen LogP contribution in [0.2, 0.25) is 0 Å². The summed E-state index contributed by atoms with van der Waals surface area (Å²) in [7, 11) is 0. The van der Waals surface area contributed by atoms with Crippen molar-refractivity contribution in [3.63, 3.8) is 0 Å². The van der Waals surface area contributed by atoms with E-state index in [1.165, 1.54) is 6.20 Å². The van der Waals surface area contributed by atoms with Gasteiger partial charge in [0.25, 0.3) is 0 Å². The van der Waals surface area contributed by atoms with E-state index in [4.69, 9.17) is 0 Å². The molecule has 0 spiro atoms. The van der Waals surface area contributed by atoms with Crippen LogP contribution in [-0.4, -0.2) is 16.2 Å². The summed E-state index contributed by atoms with van der Waals surface area (Å²) in [6.45, 7) is -0.280. The van der Waals surface area contributed by atoms with Crippen molar-refractivity contribution in [2.45, 2.75) is 12.7 Å². The van der Waals surface area contributed by atoms with Crippen molar-refractivity contribution >= 4 is 22.6 Å². The first kappa shape index (κ1) is 17.6. The molecule has 0 unspecified atom stereocenters. The molecule has 2 aromatic carbocycles. The maximum absolute atomic E-state index is 13.8. The van der Waals surface area contributed by atoms with E-state index in [-0.39, 0.29) is 17.7 Å². The van der Waals surface area contributed by atoms with Crippen LogP contribution in [0.5, 0.6) is 0 Å². The number of halogens is 5. The molecule has 5 nitrogen and oxygen atoms in total. The quantitative estimate of drug-likeness (QED) is 0.533. The van der Waals surface area contributed by atoms with E-state index in [0.717, 1.165) is 46.8 Å². The highest BCUT2D eigenvalue weighted by Gasteiger charge is 2.30. The monoisotopic (exact) mass is 370 g/mol. The van der Waals surface area contributed by atoms with Gasteiger partial charge in [0.1, 0.15) is 5.82 Å². The highest BCUT2D eigenvalue weighted by molar-refractivity contribution is 6.01. The second-order valence-electron chi connectivity index (χ2n) is 5.44. The van der Waals surface area contributed by atoms with Gasteiger partial charge >= 0.3 is 12.2 Å². The van der Waals surface area contributed by atoms with Crippen LogP contribution in [-0.2, 0) is 12.7 Å². The van der Waals surface area contributed by atoms with Crippen molar-refractivity contribution in [3.05, 3.63) is 59.5 Å². The predicted octanol–water partition coefficient (Wildman–Crippen LogP) is 4.32. The number of urea groups is 1. The van der Waals surface area contributed by atoms with Crippen LogP contribution in [0.3, 0.4) is 0 Å². The van der Waals surface area contributed by atoms with Gasteiger partial charge < -0.3 is 0 Å². The number of fused-ring (bicyclic) bond motifs is 1. The zero-order chi connectivity index (χ0) is 18.9. The largest absolute Gasteiger partial charge is 0.416 e. The fourth-order valence-electron chi connectivity index (χ4n) is 2.52. The zero-order valence-corrected chi connectivity index (χ0v) is 12.9. The average molecular weight is 370 g/mol. The Kier molecular flexibility index (Phi) is 4.49. The predicted molar refractivity (Wildman–Crippen MR) is 83.3 cm³/mol. The van der Waals surface area contributed by atoms with Crippen LogP contribution in [0, 0.1) is 5.82 Å². The summed E-state index contributed by atoms with van der Waals surface area (Å²) in [6.07, 6.45) is -3.17. The molecule has 26 heavy (non-hydrogen) atoms. The first-order valence-electron chi connectivity index (χ1n) is 7.26. The molecule has 0 aliphatic carbocycles. The molecule has 10 heteroatoms. The summed E-state index contributed by atoms with van der Waals surface area (Å²) in [4.78, 5) is 12.8. The van der Waals surface area contributed by atoms with E-state index >= 15 is 0 Å². The summed E-state index contributed by atoms with van der Waals surface area (Å²) in [5, 5.41) is 6.63. The lowest BCUT2D eigenvalue weighted by Crippen LogP contribution is -2.36. The standard InChI is InChI=1S/C16H11F5N4O/c17-11-5-13-12(7-22-24-13)14(6-11)25(15(26)23-21)8-9-1-3-10(4-2-9)16(18,19)20/h1-7H,8H2,(H,22,24)(H,23,26). The van der Waals surface area contributed by atoms with Crippen molar-refractivity contribution in [3.8, 4) is 0 Å². The normalized spacial score (nSPS) is 11.6. The third-order valence-electron chi connectivity index (χ3n) is 3.74. The molecule has 2 N–H and O–H groups in total. The molecule has 3 aromatic rings. The fourth-order valence-corrected chi connectivity index (χ4v) is 2.52. The number of hydrogen-bond donors (Lipinski definition) is 2. The van der Waals surface area contributed by atoms with Gasteiger partial charge in [0.2, 0.25) is 0 Å². The Balaban J connectivity index is 1.99. The number of hydrogen-bond acceptors (Lipinski definition) is 2. The molecule has 0 saturated carbocycles. The molecule has 0 aliphatic heterocycles. The van der Waals surface area contributed by atoms with Gasteiger partial charge in [-0.25, -0.2) is 9.18 Å². The van der Waals surface area contributed by atoms with Gasteiger partial charge in [-0.05, 0) is 29.8 Å². The molecule has 1 heterocycles. The Morgan fingerprint density at radius 3 is 2.50 bits per heavy atom. The number of benzene rings is 2. The zero-order valence-electron chi connectivity index (χ0n) is 12.9. The lowest BCUT2D eigenvalue weighted by molar-refractivity contribution is -0.137. The first-order valence-corrected chi connectivity index (χ1v) is 7.26. The Morgan fingerprint density at radius 2 is 1.88 bits per heavy atom. The van der Waals surface area contributed by atoms with Crippen molar-refractivity contribution in [1.29, 1.82) is 0 Å². The molecular formula is C16H11F5N4O. The van der Waals surface area contributed by atoms with Gasteiger partial charge in [-0.15, -0.1) is 0 Å².